The van der Waals surface area contributed by atoms with E-state index in [-0.39, 0.29) is 34.9 Å². The number of carbonyl (C=O) groups is 2. The lowest BCUT2D eigenvalue weighted by atomic mass is 9.96. The van der Waals surface area contributed by atoms with E-state index in [0.717, 1.165) is 10.6 Å². The average Bonchev–Trinajstić information content (AvgIpc) is 3.24. The molecule has 192 valence electrons. The van der Waals surface area contributed by atoms with E-state index in [2.05, 4.69) is 5.32 Å². The van der Waals surface area contributed by atoms with E-state index in [1.807, 2.05) is 0 Å². The molecule has 37 heavy (non-hydrogen) atoms. The van der Waals surface area contributed by atoms with Crippen LogP contribution >= 0.6 is 0 Å². The summed E-state index contributed by atoms with van der Waals surface area (Å²) in [7, 11) is -2.38. The molecule has 1 aromatic heterocycles. The standard InChI is InChI=1S/C27H25FN2O6S/c1-16(32)18-5-4-6-19(13-18)21-14-22-24(15-23(21)30(11-12-31)37(3,34)35)36-26(25(22)27(33)29-2)17-7-9-20(28)10-8-17/h4-10,13-15,31H,11-12H2,1-3H3,(H,29,33). The second kappa shape index (κ2) is 10.2. The summed E-state index contributed by atoms with van der Waals surface area (Å²) >= 11 is 0. The summed E-state index contributed by atoms with van der Waals surface area (Å²) in [6, 6.07) is 15.2. The third-order valence-corrected chi connectivity index (χ3v) is 7.10. The molecule has 0 fully saturated rings. The second-order valence-electron chi connectivity index (χ2n) is 8.45. The Morgan fingerprint density at radius 2 is 1.76 bits per heavy atom. The first-order valence-corrected chi connectivity index (χ1v) is 13.2. The number of amides is 1. The summed E-state index contributed by atoms with van der Waals surface area (Å²) in [5, 5.41) is 12.6. The van der Waals surface area contributed by atoms with Crippen LogP contribution in [0.3, 0.4) is 0 Å². The Morgan fingerprint density at radius 1 is 1.05 bits per heavy atom. The number of hydrogen-bond acceptors (Lipinski definition) is 6. The van der Waals surface area contributed by atoms with Crippen molar-refractivity contribution >= 4 is 38.4 Å². The highest BCUT2D eigenvalue weighted by Crippen LogP contribution is 2.41. The molecule has 4 aromatic rings. The number of carbonyl (C=O) groups excluding carboxylic acids is 2. The second-order valence-corrected chi connectivity index (χ2v) is 10.4. The quantitative estimate of drug-likeness (QED) is 0.333. The maximum atomic E-state index is 13.6. The van der Waals surface area contributed by atoms with Gasteiger partial charge in [0.25, 0.3) is 5.91 Å². The Labute approximate surface area is 213 Å². The van der Waals surface area contributed by atoms with E-state index in [0.29, 0.717) is 27.6 Å². The van der Waals surface area contributed by atoms with Crippen molar-refractivity contribution in [3.63, 3.8) is 0 Å². The van der Waals surface area contributed by atoms with Crippen LogP contribution in [0.4, 0.5) is 10.1 Å². The van der Waals surface area contributed by atoms with Gasteiger partial charge in [-0.3, -0.25) is 13.9 Å². The first kappa shape index (κ1) is 26.1. The molecule has 0 unspecified atom stereocenters. The Bertz CT molecular complexity index is 1610. The molecule has 0 aliphatic rings. The summed E-state index contributed by atoms with van der Waals surface area (Å²) < 4.78 is 46.1. The van der Waals surface area contributed by atoms with Crippen molar-refractivity contribution in [2.24, 2.45) is 0 Å². The lowest BCUT2D eigenvalue weighted by molar-refractivity contribution is 0.0963. The summed E-state index contributed by atoms with van der Waals surface area (Å²) in [6.07, 6.45) is 1.02. The lowest BCUT2D eigenvalue weighted by Crippen LogP contribution is -2.33. The monoisotopic (exact) mass is 524 g/mol. The highest BCUT2D eigenvalue weighted by atomic mass is 32.2. The number of anilines is 1. The molecule has 0 radical (unpaired) electrons. The SMILES string of the molecule is CNC(=O)c1c(-c2ccc(F)cc2)oc2cc(N(CCO)S(C)(=O)=O)c(-c3cccc(C(C)=O)c3)cc12. The minimum atomic E-state index is -3.84. The molecule has 0 spiro atoms. The molecule has 2 N–H and O–H groups in total. The molecule has 0 aliphatic heterocycles. The van der Waals surface area contributed by atoms with Crippen LogP contribution in [0.5, 0.6) is 0 Å². The fourth-order valence-corrected chi connectivity index (χ4v) is 5.11. The number of furan rings is 1. The predicted octanol–water partition coefficient (Wildman–Crippen LogP) is 4.23. The number of nitrogens with one attached hydrogen (secondary N) is 1. The topological polar surface area (TPSA) is 117 Å². The molecule has 0 saturated heterocycles. The Kier molecular flexibility index (Phi) is 7.15. The third kappa shape index (κ3) is 5.11. The fraction of sp³-hybridized carbons (Fsp3) is 0.185. The van der Waals surface area contributed by atoms with Gasteiger partial charge in [-0.1, -0.05) is 18.2 Å². The molecular formula is C27H25FN2O6S. The fourth-order valence-electron chi connectivity index (χ4n) is 4.19. The number of aliphatic hydroxyl groups excluding tert-OH is 1. The maximum absolute atomic E-state index is 13.6. The number of sulfonamides is 1. The molecule has 0 bridgehead atoms. The van der Waals surface area contributed by atoms with Gasteiger partial charge in [-0.15, -0.1) is 0 Å². The third-order valence-electron chi connectivity index (χ3n) is 5.92. The number of benzene rings is 3. The lowest BCUT2D eigenvalue weighted by Gasteiger charge is -2.24. The molecule has 8 nitrogen and oxygen atoms in total. The number of halogens is 1. The van der Waals surface area contributed by atoms with E-state index in [9.17, 15) is 27.5 Å². The van der Waals surface area contributed by atoms with Crippen molar-refractivity contribution in [2.75, 3.05) is 30.8 Å². The first-order valence-electron chi connectivity index (χ1n) is 11.3. The summed E-state index contributed by atoms with van der Waals surface area (Å²) in [5.74, 6) is -0.899. The molecular weight excluding hydrogens is 499 g/mol. The van der Waals surface area contributed by atoms with Gasteiger partial charge in [0, 0.05) is 35.2 Å². The van der Waals surface area contributed by atoms with Crippen molar-refractivity contribution in [1.82, 2.24) is 5.32 Å². The summed E-state index contributed by atoms with van der Waals surface area (Å²) in [5.41, 5.74) is 2.41. The van der Waals surface area contributed by atoms with Crippen molar-refractivity contribution in [2.45, 2.75) is 6.92 Å². The zero-order valence-corrected chi connectivity index (χ0v) is 21.2. The number of hydrogen-bond donors (Lipinski definition) is 2. The van der Waals surface area contributed by atoms with Gasteiger partial charge in [0.1, 0.15) is 17.2 Å². The highest BCUT2D eigenvalue weighted by Gasteiger charge is 2.27. The average molecular weight is 525 g/mol. The smallest absolute Gasteiger partial charge is 0.255 e. The van der Waals surface area contributed by atoms with Crippen LogP contribution in [0.15, 0.2) is 65.1 Å². The minimum absolute atomic E-state index is 0.173. The van der Waals surface area contributed by atoms with E-state index in [1.165, 1.54) is 44.3 Å². The van der Waals surface area contributed by atoms with Gasteiger partial charge in [0.05, 0.1) is 30.7 Å². The van der Waals surface area contributed by atoms with E-state index >= 15 is 0 Å². The molecule has 1 amide bonds. The molecule has 4 rings (SSSR count). The van der Waals surface area contributed by atoms with Gasteiger partial charge in [-0.2, -0.15) is 0 Å². The predicted molar refractivity (Wildman–Crippen MR) is 140 cm³/mol. The number of fused-ring (bicyclic) bond motifs is 1. The molecule has 3 aromatic carbocycles. The van der Waals surface area contributed by atoms with Crippen LogP contribution in [0.2, 0.25) is 0 Å². The molecule has 0 aliphatic carbocycles. The van der Waals surface area contributed by atoms with Crippen LogP contribution in [-0.2, 0) is 10.0 Å². The van der Waals surface area contributed by atoms with Crippen molar-refractivity contribution in [3.8, 4) is 22.5 Å². The Morgan fingerprint density at radius 3 is 2.35 bits per heavy atom. The summed E-state index contributed by atoms with van der Waals surface area (Å²) in [4.78, 5) is 25.0. The number of aliphatic hydroxyl groups is 1. The summed E-state index contributed by atoms with van der Waals surface area (Å²) in [6.45, 7) is 0.755. The van der Waals surface area contributed by atoms with Gasteiger partial charge in [-0.25, -0.2) is 12.8 Å². The zero-order valence-electron chi connectivity index (χ0n) is 20.4. The van der Waals surface area contributed by atoms with Crippen LogP contribution in [-0.4, -0.2) is 51.7 Å². The van der Waals surface area contributed by atoms with Crippen molar-refractivity contribution in [3.05, 3.63) is 77.6 Å². The number of nitrogens with zero attached hydrogens (tertiary/aromatic N) is 1. The molecule has 1 heterocycles. The zero-order chi connectivity index (χ0) is 26.9. The normalized spacial score (nSPS) is 11.5. The molecule has 0 atom stereocenters. The Balaban J connectivity index is 2.11. The van der Waals surface area contributed by atoms with Gasteiger partial charge in [0.2, 0.25) is 10.0 Å². The van der Waals surface area contributed by atoms with Gasteiger partial charge in [0.15, 0.2) is 5.78 Å². The maximum Gasteiger partial charge on any atom is 0.255 e. The number of Topliss-reactive ketones (excluding diaryl/α,β-unsaturated/α-hetero) is 1. The van der Waals surface area contributed by atoms with Gasteiger partial charge < -0.3 is 14.8 Å². The highest BCUT2D eigenvalue weighted by molar-refractivity contribution is 7.92. The van der Waals surface area contributed by atoms with Crippen LogP contribution in [0.25, 0.3) is 33.4 Å². The van der Waals surface area contributed by atoms with E-state index in [4.69, 9.17) is 4.42 Å². The van der Waals surface area contributed by atoms with E-state index in [1.54, 1.807) is 30.3 Å². The van der Waals surface area contributed by atoms with E-state index < -0.39 is 28.4 Å². The van der Waals surface area contributed by atoms with Gasteiger partial charge in [-0.05, 0) is 48.9 Å². The largest absolute Gasteiger partial charge is 0.455 e. The first-order chi connectivity index (χ1) is 17.5. The molecule has 10 heteroatoms. The number of rotatable bonds is 8. The van der Waals surface area contributed by atoms with Crippen LogP contribution < -0.4 is 9.62 Å². The number of ketones is 1. The minimum Gasteiger partial charge on any atom is -0.455 e. The van der Waals surface area contributed by atoms with Crippen molar-refractivity contribution in [1.29, 1.82) is 0 Å². The van der Waals surface area contributed by atoms with Gasteiger partial charge >= 0.3 is 0 Å². The van der Waals surface area contributed by atoms with Crippen LogP contribution in [0.1, 0.15) is 27.6 Å². The van der Waals surface area contributed by atoms with Crippen molar-refractivity contribution < 1.29 is 31.9 Å². The van der Waals surface area contributed by atoms with Crippen LogP contribution in [0, 0.1) is 5.82 Å². The molecule has 0 saturated carbocycles. The Hall–Kier alpha value is -4.02.